The highest BCUT2D eigenvalue weighted by molar-refractivity contribution is 5.99. The standard InChI is InChI=1S/C16H22O/c1-9-10(2)12(4)16(13(5)11(9)3)15(17)8-14-6-7-14/h14H,6-8H2,1-5H3. The molecular weight excluding hydrogens is 208 g/mol. The highest BCUT2D eigenvalue weighted by Crippen LogP contribution is 2.35. The summed E-state index contributed by atoms with van der Waals surface area (Å²) in [4.78, 5) is 12.4. The molecule has 2 rings (SSSR count). The molecule has 0 heterocycles. The third kappa shape index (κ3) is 2.15. The van der Waals surface area contributed by atoms with Gasteiger partial charge in [-0.15, -0.1) is 0 Å². The van der Waals surface area contributed by atoms with E-state index in [4.69, 9.17) is 0 Å². The fourth-order valence-electron chi connectivity index (χ4n) is 2.60. The SMILES string of the molecule is Cc1c(C)c(C)c(C(=O)CC2CC2)c(C)c1C. The highest BCUT2D eigenvalue weighted by atomic mass is 16.1. The zero-order chi connectivity index (χ0) is 12.7. The first-order valence-electron chi connectivity index (χ1n) is 6.53. The van der Waals surface area contributed by atoms with E-state index in [1.807, 2.05) is 0 Å². The molecule has 1 heteroatoms. The van der Waals surface area contributed by atoms with Crippen LogP contribution in [0.4, 0.5) is 0 Å². The van der Waals surface area contributed by atoms with Crippen molar-refractivity contribution >= 4 is 5.78 Å². The molecule has 0 radical (unpaired) electrons. The van der Waals surface area contributed by atoms with Crippen LogP contribution in [0.5, 0.6) is 0 Å². The molecule has 0 atom stereocenters. The van der Waals surface area contributed by atoms with E-state index in [0.29, 0.717) is 11.7 Å². The van der Waals surface area contributed by atoms with Crippen LogP contribution < -0.4 is 0 Å². The van der Waals surface area contributed by atoms with Crippen LogP contribution in [0.2, 0.25) is 0 Å². The maximum absolute atomic E-state index is 12.4. The topological polar surface area (TPSA) is 17.1 Å². The second-order valence-corrected chi connectivity index (χ2v) is 5.57. The van der Waals surface area contributed by atoms with Crippen LogP contribution in [0.25, 0.3) is 0 Å². The van der Waals surface area contributed by atoms with Crippen LogP contribution in [0.15, 0.2) is 0 Å². The van der Waals surface area contributed by atoms with Crippen molar-refractivity contribution in [2.75, 3.05) is 0 Å². The lowest BCUT2D eigenvalue weighted by atomic mass is 9.86. The van der Waals surface area contributed by atoms with Crippen LogP contribution in [-0.2, 0) is 0 Å². The third-order valence-electron chi connectivity index (χ3n) is 4.45. The number of benzene rings is 1. The van der Waals surface area contributed by atoms with Gasteiger partial charge in [-0.1, -0.05) is 0 Å². The van der Waals surface area contributed by atoms with Gasteiger partial charge in [0.2, 0.25) is 0 Å². The normalized spacial score (nSPS) is 15.1. The first-order valence-corrected chi connectivity index (χ1v) is 6.53. The number of carbonyl (C=O) groups excluding carboxylic acids is 1. The van der Waals surface area contributed by atoms with Crippen molar-refractivity contribution in [2.45, 2.75) is 53.9 Å². The summed E-state index contributed by atoms with van der Waals surface area (Å²) in [6.07, 6.45) is 3.24. The zero-order valence-electron chi connectivity index (χ0n) is 11.6. The summed E-state index contributed by atoms with van der Waals surface area (Å²) in [6.45, 7) is 10.6. The number of hydrogen-bond donors (Lipinski definition) is 0. The van der Waals surface area contributed by atoms with Gasteiger partial charge in [-0.05, 0) is 81.2 Å². The smallest absolute Gasteiger partial charge is 0.163 e. The van der Waals surface area contributed by atoms with E-state index < -0.39 is 0 Å². The van der Waals surface area contributed by atoms with Gasteiger partial charge in [0, 0.05) is 12.0 Å². The second kappa shape index (κ2) is 4.29. The van der Waals surface area contributed by atoms with Gasteiger partial charge >= 0.3 is 0 Å². The summed E-state index contributed by atoms with van der Waals surface area (Å²) in [5, 5.41) is 0. The summed E-state index contributed by atoms with van der Waals surface area (Å²) in [5.41, 5.74) is 7.28. The fraction of sp³-hybridized carbons (Fsp3) is 0.562. The van der Waals surface area contributed by atoms with E-state index in [1.165, 1.54) is 40.7 Å². The minimum Gasteiger partial charge on any atom is -0.294 e. The summed E-state index contributed by atoms with van der Waals surface area (Å²) in [7, 11) is 0. The Balaban J connectivity index is 2.48. The van der Waals surface area contributed by atoms with E-state index in [2.05, 4.69) is 34.6 Å². The van der Waals surface area contributed by atoms with Crippen LogP contribution in [0.1, 0.15) is 57.4 Å². The van der Waals surface area contributed by atoms with Crippen molar-refractivity contribution in [1.82, 2.24) is 0 Å². The molecule has 0 amide bonds. The third-order valence-corrected chi connectivity index (χ3v) is 4.45. The van der Waals surface area contributed by atoms with Gasteiger partial charge in [0.15, 0.2) is 5.78 Å². The molecule has 0 N–H and O–H groups in total. The van der Waals surface area contributed by atoms with E-state index in [0.717, 1.165) is 12.0 Å². The molecule has 0 spiro atoms. The number of rotatable bonds is 3. The largest absolute Gasteiger partial charge is 0.294 e. The van der Waals surface area contributed by atoms with Crippen molar-refractivity contribution < 1.29 is 4.79 Å². The Morgan fingerprint density at radius 3 is 1.71 bits per heavy atom. The lowest BCUT2D eigenvalue weighted by Gasteiger charge is -2.17. The summed E-state index contributed by atoms with van der Waals surface area (Å²) in [6, 6.07) is 0. The van der Waals surface area contributed by atoms with Gasteiger partial charge in [0.05, 0.1) is 0 Å². The van der Waals surface area contributed by atoms with Crippen LogP contribution in [0, 0.1) is 40.5 Å². The Morgan fingerprint density at radius 1 is 0.882 bits per heavy atom. The molecule has 1 aromatic rings. The van der Waals surface area contributed by atoms with Gasteiger partial charge in [0.25, 0.3) is 0 Å². The highest BCUT2D eigenvalue weighted by Gasteiger charge is 2.27. The van der Waals surface area contributed by atoms with E-state index in [1.54, 1.807) is 0 Å². The average Bonchev–Trinajstić information content (AvgIpc) is 3.08. The van der Waals surface area contributed by atoms with Crippen LogP contribution in [0.3, 0.4) is 0 Å². The number of hydrogen-bond acceptors (Lipinski definition) is 1. The molecule has 1 aliphatic rings. The molecule has 0 aromatic heterocycles. The van der Waals surface area contributed by atoms with Crippen molar-refractivity contribution in [1.29, 1.82) is 0 Å². The first kappa shape index (κ1) is 12.3. The fourth-order valence-corrected chi connectivity index (χ4v) is 2.60. The van der Waals surface area contributed by atoms with Gasteiger partial charge in [-0.25, -0.2) is 0 Å². The average molecular weight is 230 g/mol. The Labute approximate surface area is 104 Å². The molecule has 1 nitrogen and oxygen atoms in total. The number of carbonyl (C=O) groups is 1. The molecule has 0 unspecified atom stereocenters. The lowest BCUT2D eigenvalue weighted by Crippen LogP contribution is -2.10. The van der Waals surface area contributed by atoms with Crippen molar-refractivity contribution in [2.24, 2.45) is 5.92 Å². The monoisotopic (exact) mass is 230 g/mol. The maximum atomic E-state index is 12.4. The summed E-state index contributed by atoms with van der Waals surface area (Å²) >= 11 is 0. The molecule has 0 aliphatic heterocycles. The molecule has 1 fully saturated rings. The molecule has 0 saturated heterocycles. The molecule has 0 bridgehead atoms. The summed E-state index contributed by atoms with van der Waals surface area (Å²) in [5.74, 6) is 1.02. The number of Topliss-reactive ketones (excluding diaryl/α,β-unsaturated/α-hetero) is 1. The molecule has 92 valence electrons. The molecule has 1 aromatic carbocycles. The van der Waals surface area contributed by atoms with Gasteiger partial charge in [-0.2, -0.15) is 0 Å². The Hall–Kier alpha value is -1.11. The molecule has 1 aliphatic carbocycles. The van der Waals surface area contributed by atoms with Crippen molar-refractivity contribution in [3.63, 3.8) is 0 Å². The second-order valence-electron chi connectivity index (χ2n) is 5.57. The van der Waals surface area contributed by atoms with E-state index in [9.17, 15) is 4.79 Å². The minimum atomic E-state index is 0.355. The quantitative estimate of drug-likeness (QED) is 0.711. The van der Waals surface area contributed by atoms with Crippen molar-refractivity contribution in [3.8, 4) is 0 Å². The van der Waals surface area contributed by atoms with Gasteiger partial charge < -0.3 is 0 Å². The molecule has 1 saturated carbocycles. The zero-order valence-corrected chi connectivity index (χ0v) is 11.6. The minimum absolute atomic E-state index is 0.355. The van der Waals surface area contributed by atoms with Gasteiger partial charge in [-0.3, -0.25) is 4.79 Å². The Bertz CT molecular complexity index is 450. The number of ketones is 1. The molecular formula is C16H22O. The van der Waals surface area contributed by atoms with Crippen LogP contribution in [-0.4, -0.2) is 5.78 Å². The maximum Gasteiger partial charge on any atom is 0.163 e. The Morgan fingerprint density at radius 2 is 1.29 bits per heavy atom. The van der Waals surface area contributed by atoms with Crippen molar-refractivity contribution in [3.05, 3.63) is 33.4 Å². The molecule has 17 heavy (non-hydrogen) atoms. The summed E-state index contributed by atoms with van der Waals surface area (Å²) < 4.78 is 0. The predicted octanol–water partition coefficient (Wildman–Crippen LogP) is 4.21. The predicted molar refractivity (Wildman–Crippen MR) is 71.8 cm³/mol. The van der Waals surface area contributed by atoms with Gasteiger partial charge in [0.1, 0.15) is 0 Å². The first-order chi connectivity index (χ1) is 7.93. The van der Waals surface area contributed by atoms with E-state index in [-0.39, 0.29) is 0 Å². The Kier molecular flexibility index (Phi) is 3.11. The van der Waals surface area contributed by atoms with Crippen LogP contribution >= 0.6 is 0 Å². The van der Waals surface area contributed by atoms with E-state index >= 15 is 0 Å². The lowest BCUT2D eigenvalue weighted by molar-refractivity contribution is 0.0974.